The average molecular weight is 305 g/mol. The van der Waals surface area contributed by atoms with Crippen LogP contribution in [0.1, 0.15) is 34.0 Å². The number of hydrogen-bond donors (Lipinski definition) is 0. The number of rotatable bonds is 2. The summed E-state index contributed by atoms with van der Waals surface area (Å²) in [4.78, 5) is 10.9. The number of carbonyl (C=O) groups excluding carboxylic acids is 1. The molecule has 0 fully saturated rings. The molecular formula is C11H7ClF6O. The summed E-state index contributed by atoms with van der Waals surface area (Å²) >= 11 is 4.88. The van der Waals surface area contributed by atoms with E-state index in [0.29, 0.717) is 12.1 Å². The molecule has 0 saturated carbocycles. The minimum atomic E-state index is -5.09. The molecule has 0 unspecified atom stereocenters. The molecule has 0 bridgehead atoms. The van der Waals surface area contributed by atoms with Crippen LogP contribution in [0, 0.1) is 0 Å². The number of hydrogen-bond acceptors (Lipinski definition) is 1. The molecule has 1 nitrogen and oxygen atoms in total. The van der Waals surface area contributed by atoms with Gasteiger partial charge in [0.2, 0.25) is 0 Å². The van der Waals surface area contributed by atoms with Crippen LogP contribution in [0.4, 0.5) is 26.3 Å². The molecule has 0 amide bonds. The molecule has 0 radical (unpaired) electrons. The Labute approximate surface area is 109 Å². The monoisotopic (exact) mass is 304 g/mol. The van der Waals surface area contributed by atoms with Gasteiger partial charge < -0.3 is 0 Å². The normalized spacial score (nSPS) is 12.6. The second-order valence-corrected chi connectivity index (χ2v) is 4.03. The fourth-order valence-corrected chi connectivity index (χ4v) is 1.77. The van der Waals surface area contributed by atoms with Crippen molar-refractivity contribution in [1.29, 1.82) is 0 Å². The Hall–Kier alpha value is -1.24. The van der Waals surface area contributed by atoms with Gasteiger partial charge in [-0.2, -0.15) is 26.3 Å². The first-order valence-electron chi connectivity index (χ1n) is 4.99. The van der Waals surface area contributed by atoms with Crippen LogP contribution in [0.2, 0.25) is 0 Å². The van der Waals surface area contributed by atoms with Crippen molar-refractivity contribution in [3.63, 3.8) is 0 Å². The molecular weight excluding hydrogens is 298 g/mol. The first-order valence-corrected chi connectivity index (χ1v) is 5.37. The minimum Gasteiger partial charge on any atom is -0.276 e. The van der Waals surface area contributed by atoms with E-state index in [1.54, 1.807) is 0 Å². The quantitative estimate of drug-likeness (QED) is 0.573. The van der Waals surface area contributed by atoms with E-state index in [2.05, 4.69) is 0 Å². The van der Waals surface area contributed by atoms with Crippen LogP contribution in [0.5, 0.6) is 0 Å². The topological polar surface area (TPSA) is 17.1 Å². The van der Waals surface area contributed by atoms with Gasteiger partial charge in [-0.3, -0.25) is 4.79 Å². The standard InChI is InChI=1S/C11H7ClF6O/c1-2-5-3-6(10(13,14)15)8(9(12)19)7(4-5)11(16,17)18/h3-4H,2H2,1H3. The van der Waals surface area contributed by atoms with Crippen LogP contribution >= 0.6 is 11.6 Å². The van der Waals surface area contributed by atoms with E-state index in [0.717, 1.165) is 0 Å². The summed E-state index contributed by atoms with van der Waals surface area (Å²) in [5.41, 5.74) is -5.07. The van der Waals surface area contributed by atoms with Crippen molar-refractivity contribution < 1.29 is 31.1 Å². The van der Waals surface area contributed by atoms with Crippen LogP contribution in [-0.4, -0.2) is 5.24 Å². The fraction of sp³-hybridized carbons (Fsp3) is 0.364. The van der Waals surface area contributed by atoms with Crippen molar-refractivity contribution >= 4 is 16.8 Å². The number of benzene rings is 1. The summed E-state index contributed by atoms with van der Waals surface area (Å²) in [7, 11) is 0. The van der Waals surface area contributed by atoms with E-state index in [1.807, 2.05) is 0 Å². The van der Waals surface area contributed by atoms with Gasteiger partial charge in [-0.15, -0.1) is 0 Å². The highest BCUT2D eigenvalue weighted by atomic mass is 35.5. The number of alkyl halides is 6. The molecule has 0 aliphatic rings. The maximum Gasteiger partial charge on any atom is 0.417 e. The van der Waals surface area contributed by atoms with Crippen molar-refractivity contribution in [2.24, 2.45) is 0 Å². The van der Waals surface area contributed by atoms with Gasteiger partial charge in [-0.05, 0) is 35.7 Å². The Morgan fingerprint density at radius 1 is 1.05 bits per heavy atom. The molecule has 106 valence electrons. The smallest absolute Gasteiger partial charge is 0.276 e. The molecule has 19 heavy (non-hydrogen) atoms. The first kappa shape index (κ1) is 15.8. The molecule has 0 spiro atoms. The molecule has 0 saturated heterocycles. The number of halogens is 7. The van der Waals surface area contributed by atoms with E-state index in [9.17, 15) is 31.1 Å². The van der Waals surface area contributed by atoms with Gasteiger partial charge in [-0.25, -0.2) is 0 Å². The highest BCUT2D eigenvalue weighted by Crippen LogP contribution is 2.41. The summed E-state index contributed by atoms with van der Waals surface area (Å²) in [5.74, 6) is 0. The Kier molecular flexibility index (Phi) is 4.19. The molecule has 1 aromatic carbocycles. The number of carbonyl (C=O) groups is 1. The average Bonchev–Trinajstić information content (AvgIpc) is 2.24. The van der Waals surface area contributed by atoms with Crippen LogP contribution in [0.15, 0.2) is 12.1 Å². The molecule has 0 atom stereocenters. The fourth-order valence-electron chi connectivity index (χ4n) is 1.56. The van der Waals surface area contributed by atoms with Crippen molar-refractivity contribution in [2.45, 2.75) is 25.7 Å². The van der Waals surface area contributed by atoms with Gasteiger partial charge in [0.25, 0.3) is 5.24 Å². The lowest BCUT2D eigenvalue weighted by atomic mass is 9.96. The molecule has 1 aromatic rings. The van der Waals surface area contributed by atoms with Gasteiger partial charge in [-0.1, -0.05) is 6.92 Å². The molecule has 1 rings (SSSR count). The van der Waals surface area contributed by atoms with Crippen molar-refractivity contribution in [1.82, 2.24) is 0 Å². The second-order valence-electron chi connectivity index (χ2n) is 3.69. The largest absolute Gasteiger partial charge is 0.417 e. The summed E-state index contributed by atoms with van der Waals surface area (Å²) in [6, 6.07) is 1.01. The minimum absolute atomic E-state index is 0.0388. The lowest BCUT2D eigenvalue weighted by Gasteiger charge is -2.18. The predicted molar refractivity (Wildman–Crippen MR) is 56.0 cm³/mol. The van der Waals surface area contributed by atoms with Gasteiger partial charge in [0, 0.05) is 0 Å². The molecule has 0 aromatic heterocycles. The number of aryl methyl sites for hydroxylation is 1. The van der Waals surface area contributed by atoms with Crippen LogP contribution < -0.4 is 0 Å². The molecule has 0 aliphatic heterocycles. The summed E-state index contributed by atoms with van der Waals surface area (Å²) in [6.07, 6.45) is -10.2. The Morgan fingerprint density at radius 3 is 1.63 bits per heavy atom. The van der Waals surface area contributed by atoms with E-state index in [1.165, 1.54) is 6.92 Å². The Morgan fingerprint density at radius 2 is 1.42 bits per heavy atom. The third-order valence-corrected chi connectivity index (χ3v) is 2.60. The third kappa shape index (κ3) is 3.40. The molecule has 8 heteroatoms. The maximum absolute atomic E-state index is 12.7. The van der Waals surface area contributed by atoms with Crippen LogP contribution in [0.25, 0.3) is 0 Å². The maximum atomic E-state index is 12.7. The lowest BCUT2D eigenvalue weighted by molar-refractivity contribution is -0.143. The van der Waals surface area contributed by atoms with Crippen molar-refractivity contribution in [2.75, 3.05) is 0 Å². The third-order valence-electron chi connectivity index (χ3n) is 2.41. The van der Waals surface area contributed by atoms with Gasteiger partial charge in [0.05, 0.1) is 16.7 Å². The van der Waals surface area contributed by atoms with E-state index >= 15 is 0 Å². The second kappa shape index (κ2) is 5.03. The van der Waals surface area contributed by atoms with Crippen molar-refractivity contribution in [3.05, 3.63) is 34.4 Å². The van der Waals surface area contributed by atoms with E-state index in [-0.39, 0.29) is 12.0 Å². The van der Waals surface area contributed by atoms with Gasteiger partial charge >= 0.3 is 12.4 Å². The highest BCUT2D eigenvalue weighted by Gasteiger charge is 2.43. The Bertz CT molecular complexity index is 468. The summed E-state index contributed by atoms with van der Waals surface area (Å²) in [5, 5.41) is -1.79. The summed E-state index contributed by atoms with van der Waals surface area (Å²) < 4.78 is 76.3. The van der Waals surface area contributed by atoms with E-state index < -0.39 is 34.3 Å². The zero-order chi connectivity index (χ0) is 15.0. The van der Waals surface area contributed by atoms with E-state index in [4.69, 9.17) is 11.6 Å². The molecule has 0 N–H and O–H groups in total. The van der Waals surface area contributed by atoms with Crippen LogP contribution in [-0.2, 0) is 18.8 Å². The Balaban J connectivity index is 3.76. The molecule has 0 aliphatic carbocycles. The zero-order valence-corrected chi connectivity index (χ0v) is 10.2. The van der Waals surface area contributed by atoms with Gasteiger partial charge in [0.15, 0.2) is 0 Å². The molecule has 0 heterocycles. The predicted octanol–water partition coefficient (Wildman–Crippen LogP) is 4.67. The summed E-state index contributed by atoms with van der Waals surface area (Å²) in [6.45, 7) is 1.40. The van der Waals surface area contributed by atoms with Gasteiger partial charge in [0.1, 0.15) is 0 Å². The first-order chi connectivity index (χ1) is 8.48. The lowest BCUT2D eigenvalue weighted by Crippen LogP contribution is -2.19. The van der Waals surface area contributed by atoms with Crippen molar-refractivity contribution in [3.8, 4) is 0 Å². The zero-order valence-electron chi connectivity index (χ0n) is 9.42. The SMILES string of the molecule is CCc1cc(C(F)(F)F)c(C(=O)Cl)c(C(F)(F)F)c1. The highest BCUT2D eigenvalue weighted by molar-refractivity contribution is 6.68. The van der Waals surface area contributed by atoms with Crippen LogP contribution in [0.3, 0.4) is 0 Å².